The lowest BCUT2D eigenvalue weighted by Crippen LogP contribution is -2.33. The third-order valence-electron chi connectivity index (χ3n) is 2.86. The minimum absolute atomic E-state index is 0.508. The van der Waals surface area contributed by atoms with Crippen LogP contribution in [0.15, 0.2) is 29.3 Å². The van der Waals surface area contributed by atoms with Gasteiger partial charge in [-0.25, -0.2) is 0 Å². The van der Waals surface area contributed by atoms with Crippen molar-refractivity contribution in [2.75, 3.05) is 18.0 Å². The number of hydrogen-bond donors (Lipinski definition) is 1. The van der Waals surface area contributed by atoms with E-state index in [1.165, 1.54) is 0 Å². The second-order valence-corrected chi connectivity index (χ2v) is 3.71. The Morgan fingerprint density at radius 3 is 3.14 bits per heavy atom. The Balaban J connectivity index is 2.17. The normalized spacial score (nSPS) is 24.2. The number of rotatable bonds is 0. The van der Waals surface area contributed by atoms with Crippen LogP contribution in [0.1, 0.15) is 18.1 Å². The van der Waals surface area contributed by atoms with E-state index >= 15 is 0 Å². The molecule has 2 aliphatic heterocycles. The number of benzene rings is 1. The summed E-state index contributed by atoms with van der Waals surface area (Å²) in [7, 11) is 0. The zero-order chi connectivity index (χ0) is 9.54. The van der Waals surface area contributed by atoms with Crippen molar-refractivity contribution < 1.29 is 5.11 Å². The molecule has 1 N–H and O–H groups in total. The molecule has 1 aromatic rings. The first-order valence-electron chi connectivity index (χ1n) is 4.97. The molecule has 0 aliphatic carbocycles. The number of aliphatic hydroxyl groups is 1. The summed E-state index contributed by atoms with van der Waals surface area (Å²) < 4.78 is 0. The van der Waals surface area contributed by atoms with Crippen LogP contribution < -0.4 is 4.90 Å². The van der Waals surface area contributed by atoms with Gasteiger partial charge in [-0.15, -0.1) is 0 Å². The fraction of sp³-hybridized carbons (Fsp3) is 0.364. The minimum Gasteiger partial charge on any atom is -0.380 e. The molecule has 0 radical (unpaired) electrons. The number of hydrogen-bond acceptors (Lipinski definition) is 3. The maximum atomic E-state index is 10.0. The maximum Gasteiger partial charge on any atom is 0.138 e. The van der Waals surface area contributed by atoms with Gasteiger partial charge in [0.1, 0.15) is 11.9 Å². The zero-order valence-electron chi connectivity index (χ0n) is 7.85. The Morgan fingerprint density at radius 1 is 1.36 bits per heavy atom. The second kappa shape index (κ2) is 2.82. The number of para-hydroxylation sites is 1. The fourth-order valence-corrected chi connectivity index (χ4v) is 2.20. The second-order valence-electron chi connectivity index (χ2n) is 3.71. The molecule has 3 rings (SSSR count). The lowest BCUT2D eigenvalue weighted by Gasteiger charge is -2.24. The highest BCUT2D eigenvalue weighted by Crippen LogP contribution is 2.37. The average Bonchev–Trinajstić information content (AvgIpc) is 2.55. The van der Waals surface area contributed by atoms with E-state index in [0.29, 0.717) is 0 Å². The molecule has 0 aromatic heterocycles. The van der Waals surface area contributed by atoms with Crippen molar-refractivity contribution in [1.29, 1.82) is 0 Å². The van der Waals surface area contributed by atoms with Crippen LogP contribution in [-0.4, -0.2) is 24.0 Å². The van der Waals surface area contributed by atoms with E-state index < -0.39 is 6.10 Å². The highest BCUT2D eigenvalue weighted by Gasteiger charge is 2.34. The number of fused-ring (bicyclic) bond motifs is 3. The lowest BCUT2D eigenvalue weighted by atomic mass is 10.1. The van der Waals surface area contributed by atoms with Crippen molar-refractivity contribution >= 4 is 11.5 Å². The van der Waals surface area contributed by atoms with Crippen molar-refractivity contribution in [3.63, 3.8) is 0 Å². The Bertz CT molecular complexity index is 400. The predicted octanol–water partition coefficient (Wildman–Crippen LogP) is 1.34. The van der Waals surface area contributed by atoms with Crippen molar-refractivity contribution in [2.45, 2.75) is 12.5 Å². The van der Waals surface area contributed by atoms with Gasteiger partial charge in [0.05, 0.1) is 0 Å². The zero-order valence-corrected chi connectivity index (χ0v) is 7.85. The maximum absolute atomic E-state index is 10.0. The van der Waals surface area contributed by atoms with Gasteiger partial charge >= 0.3 is 0 Å². The summed E-state index contributed by atoms with van der Waals surface area (Å²) in [5.41, 5.74) is 2.12. The highest BCUT2D eigenvalue weighted by atomic mass is 16.3. The van der Waals surface area contributed by atoms with E-state index in [0.717, 1.165) is 36.6 Å². The molecule has 0 fully saturated rings. The van der Waals surface area contributed by atoms with Crippen molar-refractivity contribution in [3.05, 3.63) is 29.8 Å². The molecule has 3 nitrogen and oxygen atoms in total. The number of anilines is 1. The summed E-state index contributed by atoms with van der Waals surface area (Å²) in [5, 5.41) is 10.0. The summed E-state index contributed by atoms with van der Waals surface area (Å²) in [5.74, 6) is 0.831. The fourth-order valence-electron chi connectivity index (χ4n) is 2.20. The molecule has 1 atom stereocenters. The molecule has 2 aliphatic rings. The van der Waals surface area contributed by atoms with Gasteiger partial charge in [0.25, 0.3) is 0 Å². The molecule has 3 heteroatoms. The van der Waals surface area contributed by atoms with Crippen molar-refractivity contribution in [3.8, 4) is 0 Å². The molecule has 0 bridgehead atoms. The van der Waals surface area contributed by atoms with Gasteiger partial charge in [0, 0.05) is 24.3 Å². The summed E-state index contributed by atoms with van der Waals surface area (Å²) in [6.07, 6.45) is 0.566. The minimum atomic E-state index is -0.508. The standard InChI is InChI=1S/C11H12N2O/c14-10-8-4-1-2-5-9(8)13-7-3-6-12-11(10)13/h1-2,4-5,10,14H,3,6-7H2. The summed E-state index contributed by atoms with van der Waals surface area (Å²) >= 11 is 0. The Hall–Kier alpha value is -1.35. The molecule has 1 unspecified atom stereocenters. The molecule has 0 saturated carbocycles. The number of aliphatic hydroxyl groups excluding tert-OH is 1. The molecule has 0 amide bonds. The summed E-state index contributed by atoms with van der Waals surface area (Å²) in [6.45, 7) is 1.82. The molecule has 0 spiro atoms. The van der Waals surface area contributed by atoms with Gasteiger partial charge in [-0.1, -0.05) is 18.2 Å². The predicted molar refractivity (Wildman–Crippen MR) is 55.7 cm³/mol. The quantitative estimate of drug-likeness (QED) is 0.667. The first kappa shape index (κ1) is 8.00. The number of nitrogens with zero attached hydrogens (tertiary/aromatic N) is 2. The van der Waals surface area contributed by atoms with Crippen LogP contribution in [0, 0.1) is 0 Å². The SMILES string of the molecule is OC1C2=NCCCN2c2ccccc21. The number of amidine groups is 1. The Labute approximate surface area is 82.7 Å². The smallest absolute Gasteiger partial charge is 0.138 e. The van der Waals surface area contributed by atoms with E-state index in [2.05, 4.69) is 9.89 Å². The first-order valence-corrected chi connectivity index (χ1v) is 4.97. The van der Waals surface area contributed by atoms with Crippen LogP contribution in [0.25, 0.3) is 0 Å². The largest absolute Gasteiger partial charge is 0.380 e. The van der Waals surface area contributed by atoms with Crippen LogP contribution in [0.5, 0.6) is 0 Å². The van der Waals surface area contributed by atoms with Gasteiger partial charge < -0.3 is 10.0 Å². The van der Waals surface area contributed by atoms with Crippen LogP contribution in [0.2, 0.25) is 0 Å². The summed E-state index contributed by atoms with van der Waals surface area (Å²) in [6, 6.07) is 7.98. The molecule has 14 heavy (non-hydrogen) atoms. The molecular formula is C11H12N2O. The van der Waals surface area contributed by atoms with Gasteiger partial charge in [0.15, 0.2) is 0 Å². The topological polar surface area (TPSA) is 35.8 Å². The monoisotopic (exact) mass is 188 g/mol. The molecule has 1 aromatic carbocycles. The Kier molecular flexibility index (Phi) is 1.61. The van der Waals surface area contributed by atoms with Crippen LogP contribution in [0.4, 0.5) is 5.69 Å². The van der Waals surface area contributed by atoms with Crippen LogP contribution in [-0.2, 0) is 0 Å². The summed E-state index contributed by atoms with van der Waals surface area (Å²) in [4.78, 5) is 6.51. The van der Waals surface area contributed by atoms with E-state index in [1.807, 2.05) is 24.3 Å². The molecule has 0 saturated heterocycles. The first-order chi connectivity index (χ1) is 6.88. The average molecular weight is 188 g/mol. The third kappa shape index (κ3) is 0.930. The van der Waals surface area contributed by atoms with Gasteiger partial charge in [-0.05, 0) is 12.5 Å². The van der Waals surface area contributed by atoms with Crippen molar-refractivity contribution in [1.82, 2.24) is 0 Å². The van der Waals surface area contributed by atoms with Crippen LogP contribution in [0.3, 0.4) is 0 Å². The Morgan fingerprint density at radius 2 is 2.21 bits per heavy atom. The van der Waals surface area contributed by atoms with Gasteiger partial charge in [0.2, 0.25) is 0 Å². The van der Waals surface area contributed by atoms with Gasteiger partial charge in [-0.2, -0.15) is 0 Å². The van der Waals surface area contributed by atoms with Crippen LogP contribution >= 0.6 is 0 Å². The third-order valence-corrected chi connectivity index (χ3v) is 2.86. The van der Waals surface area contributed by atoms with E-state index in [1.54, 1.807) is 0 Å². The molecule has 72 valence electrons. The highest BCUT2D eigenvalue weighted by molar-refractivity contribution is 6.07. The lowest BCUT2D eigenvalue weighted by molar-refractivity contribution is 0.250. The van der Waals surface area contributed by atoms with E-state index in [9.17, 15) is 5.11 Å². The number of aliphatic imine (C=N–C) groups is 1. The van der Waals surface area contributed by atoms with Crippen molar-refractivity contribution in [2.24, 2.45) is 4.99 Å². The van der Waals surface area contributed by atoms with Gasteiger partial charge in [-0.3, -0.25) is 4.99 Å². The molecular weight excluding hydrogens is 176 g/mol. The van der Waals surface area contributed by atoms with E-state index in [4.69, 9.17) is 0 Å². The molecule has 2 heterocycles. The van der Waals surface area contributed by atoms with E-state index in [-0.39, 0.29) is 0 Å².